The van der Waals surface area contributed by atoms with Gasteiger partial charge in [-0.15, -0.1) is 11.8 Å². The molecule has 0 N–H and O–H groups in total. The molecule has 0 unspecified atom stereocenters. The van der Waals surface area contributed by atoms with Gasteiger partial charge in [0.25, 0.3) is 0 Å². The highest BCUT2D eigenvalue weighted by Gasteiger charge is 2.35. The lowest BCUT2D eigenvalue weighted by Gasteiger charge is -2.29. The Morgan fingerprint density at radius 3 is 2.13 bits per heavy atom. The van der Waals surface area contributed by atoms with Crippen molar-refractivity contribution >= 4 is 28.6 Å². The summed E-state index contributed by atoms with van der Waals surface area (Å²) >= 11 is 1.57. The molecule has 200 valence electrons. The standard InChI is InChI=1S/C29H29F3N2O3S/c1-27(2,3)37-26(35)28(4,5)36-21-14-16-22(17-15-21)38-18-24-23-8-6-7-9-25(23)34(33-24)20-12-10-19(11-13-20)29(30,31)32/h6-17H,18H2,1-5H3. The fraction of sp³-hybridized carbons (Fsp3) is 0.310. The molecule has 0 saturated carbocycles. The molecule has 4 rings (SSSR count). The van der Waals surface area contributed by atoms with E-state index in [9.17, 15) is 18.0 Å². The number of thioether (sulfide) groups is 1. The number of hydrogen-bond donors (Lipinski definition) is 0. The maximum absolute atomic E-state index is 13.0. The Morgan fingerprint density at radius 2 is 1.53 bits per heavy atom. The van der Waals surface area contributed by atoms with Crippen LogP contribution in [-0.2, 0) is 21.5 Å². The molecule has 0 spiro atoms. The fourth-order valence-corrected chi connectivity index (χ4v) is 4.56. The van der Waals surface area contributed by atoms with Gasteiger partial charge in [-0.1, -0.05) is 18.2 Å². The van der Waals surface area contributed by atoms with Gasteiger partial charge in [0.2, 0.25) is 0 Å². The van der Waals surface area contributed by atoms with Crippen molar-refractivity contribution in [3.63, 3.8) is 0 Å². The number of aromatic nitrogens is 2. The average molecular weight is 543 g/mol. The molecule has 0 aliphatic carbocycles. The third-order valence-electron chi connectivity index (χ3n) is 5.57. The Kier molecular flexibility index (Phi) is 7.52. The van der Waals surface area contributed by atoms with Gasteiger partial charge in [-0.2, -0.15) is 18.3 Å². The molecule has 9 heteroatoms. The second kappa shape index (κ2) is 10.4. The summed E-state index contributed by atoms with van der Waals surface area (Å²) in [6.07, 6.45) is -4.39. The second-order valence-corrected chi connectivity index (χ2v) is 11.3. The van der Waals surface area contributed by atoms with Gasteiger partial charge < -0.3 is 9.47 Å². The van der Waals surface area contributed by atoms with Crippen LogP contribution >= 0.6 is 11.8 Å². The first-order valence-electron chi connectivity index (χ1n) is 12.0. The lowest BCUT2D eigenvalue weighted by molar-refractivity contribution is -0.170. The number of esters is 1. The zero-order valence-electron chi connectivity index (χ0n) is 21.8. The quantitative estimate of drug-likeness (QED) is 0.176. The highest BCUT2D eigenvalue weighted by molar-refractivity contribution is 7.98. The summed E-state index contributed by atoms with van der Waals surface area (Å²) in [7, 11) is 0. The van der Waals surface area contributed by atoms with Crippen molar-refractivity contribution in [1.29, 1.82) is 0 Å². The number of hydrogen-bond acceptors (Lipinski definition) is 5. The van der Waals surface area contributed by atoms with Crippen LogP contribution in [0.25, 0.3) is 16.6 Å². The molecule has 3 aromatic carbocycles. The van der Waals surface area contributed by atoms with E-state index in [2.05, 4.69) is 0 Å². The largest absolute Gasteiger partial charge is 0.476 e. The van der Waals surface area contributed by atoms with Crippen LogP contribution in [0.3, 0.4) is 0 Å². The van der Waals surface area contributed by atoms with Crippen molar-refractivity contribution in [2.45, 2.75) is 62.6 Å². The minimum absolute atomic E-state index is 0.445. The number of carbonyl (C=O) groups is 1. The highest BCUT2D eigenvalue weighted by atomic mass is 32.2. The molecular formula is C29H29F3N2O3S. The van der Waals surface area contributed by atoms with E-state index in [1.54, 1.807) is 42.4 Å². The van der Waals surface area contributed by atoms with Gasteiger partial charge >= 0.3 is 12.1 Å². The normalized spacial score (nSPS) is 12.5. The Bertz CT molecular complexity index is 1420. The van der Waals surface area contributed by atoms with Gasteiger partial charge in [0.1, 0.15) is 11.4 Å². The zero-order chi connectivity index (χ0) is 27.7. The second-order valence-electron chi connectivity index (χ2n) is 10.3. The molecule has 0 fully saturated rings. The number of nitrogens with zero attached hydrogens (tertiary/aromatic N) is 2. The molecular weight excluding hydrogens is 513 g/mol. The van der Waals surface area contributed by atoms with Crippen molar-refractivity contribution in [3.8, 4) is 11.4 Å². The van der Waals surface area contributed by atoms with Crippen LogP contribution < -0.4 is 4.74 Å². The SMILES string of the molecule is CC(C)(C)OC(=O)C(C)(C)Oc1ccc(SCc2nn(-c3ccc(C(F)(F)F)cc3)c3ccccc23)cc1. The van der Waals surface area contributed by atoms with Crippen LogP contribution in [0.5, 0.6) is 5.75 Å². The minimum Gasteiger partial charge on any atom is -0.476 e. The van der Waals surface area contributed by atoms with E-state index in [4.69, 9.17) is 14.6 Å². The summed E-state index contributed by atoms with van der Waals surface area (Å²) in [5, 5.41) is 5.65. The molecule has 0 atom stereocenters. The molecule has 1 heterocycles. The number of para-hydroxylation sites is 1. The molecule has 38 heavy (non-hydrogen) atoms. The number of ether oxygens (including phenoxy) is 2. The molecule has 1 aromatic heterocycles. The predicted octanol–water partition coefficient (Wildman–Crippen LogP) is 7.84. The van der Waals surface area contributed by atoms with Crippen LogP contribution in [0.4, 0.5) is 13.2 Å². The van der Waals surface area contributed by atoms with Crippen molar-refractivity contribution in [3.05, 3.63) is 84.1 Å². The van der Waals surface area contributed by atoms with Crippen molar-refractivity contribution < 1.29 is 27.4 Å². The first kappa shape index (κ1) is 27.6. The van der Waals surface area contributed by atoms with Gasteiger partial charge in [-0.25, -0.2) is 9.48 Å². The molecule has 0 aliphatic rings. The van der Waals surface area contributed by atoms with E-state index in [0.29, 0.717) is 17.2 Å². The maximum Gasteiger partial charge on any atom is 0.416 e. The molecule has 0 amide bonds. The zero-order valence-corrected chi connectivity index (χ0v) is 22.6. The summed E-state index contributed by atoms with van der Waals surface area (Å²) < 4.78 is 52.0. The number of benzene rings is 3. The third kappa shape index (κ3) is 6.51. The summed E-state index contributed by atoms with van der Waals surface area (Å²) in [5.74, 6) is 0.652. The Balaban J connectivity index is 1.48. The lowest BCUT2D eigenvalue weighted by Crippen LogP contribution is -2.43. The van der Waals surface area contributed by atoms with Gasteiger partial charge in [-0.05, 0) is 89.2 Å². The summed E-state index contributed by atoms with van der Waals surface area (Å²) in [5.41, 5.74) is -0.267. The predicted molar refractivity (Wildman–Crippen MR) is 143 cm³/mol. The third-order valence-corrected chi connectivity index (χ3v) is 6.59. The molecule has 5 nitrogen and oxygen atoms in total. The van der Waals surface area contributed by atoms with E-state index in [1.165, 1.54) is 12.1 Å². The minimum atomic E-state index is -4.39. The smallest absolute Gasteiger partial charge is 0.416 e. The Morgan fingerprint density at radius 1 is 0.895 bits per heavy atom. The highest BCUT2D eigenvalue weighted by Crippen LogP contribution is 2.32. The average Bonchev–Trinajstić information content (AvgIpc) is 3.21. The van der Waals surface area contributed by atoms with Crippen molar-refractivity contribution in [2.75, 3.05) is 0 Å². The number of carbonyl (C=O) groups excluding carboxylic acids is 1. The molecule has 4 aromatic rings. The van der Waals surface area contributed by atoms with Crippen molar-refractivity contribution in [2.24, 2.45) is 0 Å². The fourth-order valence-electron chi connectivity index (χ4n) is 3.72. The molecule has 0 aliphatic heterocycles. The monoisotopic (exact) mass is 542 g/mol. The van der Waals surface area contributed by atoms with Crippen LogP contribution in [0, 0.1) is 0 Å². The first-order valence-corrected chi connectivity index (χ1v) is 13.0. The number of halogens is 3. The first-order chi connectivity index (χ1) is 17.7. The van der Waals surface area contributed by atoms with Gasteiger partial charge in [0, 0.05) is 16.0 Å². The van der Waals surface area contributed by atoms with Crippen LogP contribution in [0.2, 0.25) is 0 Å². The van der Waals surface area contributed by atoms with E-state index < -0.39 is 28.9 Å². The topological polar surface area (TPSA) is 53.4 Å². The molecule has 0 saturated heterocycles. The van der Waals surface area contributed by atoms with E-state index in [1.807, 2.05) is 57.2 Å². The maximum atomic E-state index is 13.0. The molecule has 0 radical (unpaired) electrons. The lowest BCUT2D eigenvalue weighted by atomic mass is 10.1. The summed E-state index contributed by atoms with van der Waals surface area (Å²) in [6.45, 7) is 8.76. The number of alkyl halides is 3. The van der Waals surface area contributed by atoms with Crippen LogP contribution in [0.1, 0.15) is 45.9 Å². The van der Waals surface area contributed by atoms with E-state index in [0.717, 1.165) is 33.6 Å². The Labute approximate surface area is 223 Å². The summed E-state index contributed by atoms with van der Waals surface area (Å²) in [6, 6.07) is 20.0. The van der Waals surface area contributed by atoms with E-state index >= 15 is 0 Å². The number of rotatable bonds is 7. The van der Waals surface area contributed by atoms with Gasteiger partial charge in [0.15, 0.2) is 5.60 Å². The van der Waals surface area contributed by atoms with Crippen LogP contribution in [-0.4, -0.2) is 27.0 Å². The van der Waals surface area contributed by atoms with Gasteiger partial charge in [0.05, 0.1) is 22.5 Å². The number of fused-ring (bicyclic) bond motifs is 1. The van der Waals surface area contributed by atoms with E-state index in [-0.39, 0.29) is 0 Å². The summed E-state index contributed by atoms with van der Waals surface area (Å²) in [4.78, 5) is 13.4. The van der Waals surface area contributed by atoms with Crippen molar-refractivity contribution in [1.82, 2.24) is 9.78 Å². The van der Waals surface area contributed by atoms with Crippen LogP contribution in [0.15, 0.2) is 77.7 Å². The Hall–Kier alpha value is -3.46. The molecule has 0 bridgehead atoms. The van der Waals surface area contributed by atoms with Gasteiger partial charge in [-0.3, -0.25) is 0 Å².